The molecule has 118 valence electrons. The van der Waals surface area contributed by atoms with Gasteiger partial charge in [-0.25, -0.2) is 9.50 Å². The molecule has 0 spiro atoms. The van der Waals surface area contributed by atoms with Gasteiger partial charge in [0.2, 0.25) is 0 Å². The van der Waals surface area contributed by atoms with Gasteiger partial charge in [-0.05, 0) is 36.3 Å². The second-order valence-electron chi connectivity index (χ2n) is 5.80. The zero-order valence-electron chi connectivity index (χ0n) is 12.3. The molecule has 0 aromatic carbocycles. The Morgan fingerprint density at radius 3 is 3.00 bits per heavy atom. The molecule has 2 N–H and O–H groups in total. The molecule has 1 fully saturated rings. The molecular weight excluding hydrogens is 312 g/mol. The van der Waals surface area contributed by atoms with E-state index in [2.05, 4.69) is 15.4 Å². The van der Waals surface area contributed by atoms with Crippen molar-refractivity contribution < 1.29 is 9.90 Å². The average molecular weight is 328 g/mol. The molecule has 1 aliphatic carbocycles. The highest BCUT2D eigenvalue weighted by atomic mass is 32.1. The van der Waals surface area contributed by atoms with E-state index in [1.807, 2.05) is 17.5 Å². The highest BCUT2D eigenvalue weighted by molar-refractivity contribution is 7.10. The van der Waals surface area contributed by atoms with Crippen LogP contribution in [-0.4, -0.2) is 31.7 Å². The Balaban J connectivity index is 1.57. The van der Waals surface area contributed by atoms with Crippen molar-refractivity contribution in [2.75, 3.05) is 0 Å². The average Bonchev–Trinajstić information content (AvgIpc) is 3.18. The maximum atomic E-state index is 12.6. The van der Waals surface area contributed by atoms with E-state index in [1.165, 1.54) is 0 Å². The Hall–Kier alpha value is -2.25. The second kappa shape index (κ2) is 5.75. The number of thiophene rings is 1. The van der Waals surface area contributed by atoms with Crippen molar-refractivity contribution in [3.8, 4) is 0 Å². The van der Waals surface area contributed by atoms with Gasteiger partial charge in [-0.3, -0.25) is 4.79 Å². The summed E-state index contributed by atoms with van der Waals surface area (Å²) < 4.78 is 1.59. The van der Waals surface area contributed by atoms with Crippen LogP contribution in [0, 0.1) is 5.92 Å². The first-order valence-electron chi connectivity index (χ1n) is 7.53. The zero-order valence-corrected chi connectivity index (χ0v) is 13.1. The number of aliphatic hydroxyl groups is 1. The molecule has 3 heterocycles. The Labute approximate surface area is 136 Å². The lowest BCUT2D eigenvalue weighted by Gasteiger charge is -2.37. The number of nitrogens with zero attached hydrogens (tertiary/aromatic N) is 3. The topological polar surface area (TPSA) is 79.5 Å². The van der Waals surface area contributed by atoms with E-state index in [0.717, 1.165) is 17.7 Å². The summed E-state index contributed by atoms with van der Waals surface area (Å²) >= 11 is 1.62. The molecule has 1 amide bonds. The van der Waals surface area contributed by atoms with E-state index in [-0.39, 0.29) is 24.0 Å². The van der Waals surface area contributed by atoms with Crippen LogP contribution in [0.15, 0.2) is 42.0 Å². The molecule has 0 saturated heterocycles. The van der Waals surface area contributed by atoms with Gasteiger partial charge in [-0.2, -0.15) is 5.10 Å². The third-order valence-corrected chi connectivity index (χ3v) is 5.18. The van der Waals surface area contributed by atoms with Crippen LogP contribution in [0.2, 0.25) is 0 Å². The van der Waals surface area contributed by atoms with Gasteiger partial charge >= 0.3 is 0 Å². The SMILES string of the molecule is O=C(N[C@H](c1cccs1)C1CC(O)C1)c1cc2ncccn2n1. The van der Waals surface area contributed by atoms with E-state index in [9.17, 15) is 9.90 Å². The van der Waals surface area contributed by atoms with Crippen molar-refractivity contribution in [3.05, 3.63) is 52.6 Å². The van der Waals surface area contributed by atoms with Crippen LogP contribution in [0.4, 0.5) is 0 Å². The Morgan fingerprint density at radius 2 is 2.30 bits per heavy atom. The molecule has 1 saturated carbocycles. The maximum Gasteiger partial charge on any atom is 0.272 e. The number of hydrogen-bond donors (Lipinski definition) is 2. The van der Waals surface area contributed by atoms with Crippen molar-refractivity contribution in [1.29, 1.82) is 0 Å². The summed E-state index contributed by atoms with van der Waals surface area (Å²) in [5, 5.41) is 18.9. The van der Waals surface area contributed by atoms with Gasteiger partial charge in [0, 0.05) is 23.3 Å². The van der Waals surface area contributed by atoms with Crippen LogP contribution >= 0.6 is 11.3 Å². The van der Waals surface area contributed by atoms with Crippen molar-refractivity contribution in [2.24, 2.45) is 5.92 Å². The Kier molecular flexibility index (Phi) is 3.59. The minimum Gasteiger partial charge on any atom is -0.393 e. The summed E-state index contributed by atoms with van der Waals surface area (Å²) in [7, 11) is 0. The Morgan fingerprint density at radius 1 is 1.43 bits per heavy atom. The molecule has 4 rings (SSSR count). The van der Waals surface area contributed by atoms with Crippen LogP contribution in [0.3, 0.4) is 0 Å². The van der Waals surface area contributed by atoms with Crippen molar-refractivity contribution in [3.63, 3.8) is 0 Å². The molecular formula is C16H16N4O2S. The lowest BCUT2D eigenvalue weighted by atomic mass is 9.76. The van der Waals surface area contributed by atoms with Gasteiger partial charge in [0.25, 0.3) is 5.91 Å². The minimum atomic E-state index is -0.251. The standard InChI is InChI=1S/C16H16N4O2S/c21-11-7-10(8-11)15(13-3-1-6-23-13)18-16(22)12-9-14-17-4-2-5-20(14)19-12/h1-6,9-11,15,21H,7-8H2,(H,18,22)/t10?,11?,15-/m0/s1. The fraction of sp³-hybridized carbons (Fsp3) is 0.312. The number of carbonyl (C=O) groups excluding carboxylic acids is 1. The van der Waals surface area contributed by atoms with Crippen LogP contribution in [0.25, 0.3) is 5.65 Å². The number of rotatable bonds is 4. The first kappa shape index (κ1) is 14.3. The molecule has 6 nitrogen and oxygen atoms in total. The molecule has 7 heteroatoms. The van der Waals surface area contributed by atoms with E-state index in [4.69, 9.17) is 0 Å². The second-order valence-corrected chi connectivity index (χ2v) is 6.78. The summed E-state index contributed by atoms with van der Waals surface area (Å²) in [6.07, 6.45) is 4.62. The monoisotopic (exact) mass is 328 g/mol. The van der Waals surface area contributed by atoms with Gasteiger partial charge in [-0.1, -0.05) is 6.07 Å². The number of hydrogen-bond acceptors (Lipinski definition) is 5. The number of fused-ring (bicyclic) bond motifs is 1. The summed E-state index contributed by atoms with van der Waals surface area (Å²) in [5.74, 6) is 0.0537. The van der Waals surface area contributed by atoms with Crippen LogP contribution in [-0.2, 0) is 0 Å². The third-order valence-electron chi connectivity index (χ3n) is 4.23. The zero-order chi connectivity index (χ0) is 15.8. The number of carbonyl (C=O) groups is 1. The molecule has 0 bridgehead atoms. The van der Waals surface area contributed by atoms with E-state index < -0.39 is 0 Å². The Bertz CT molecular complexity index is 791. The van der Waals surface area contributed by atoms with Gasteiger partial charge in [0.1, 0.15) is 0 Å². The first-order chi connectivity index (χ1) is 11.2. The van der Waals surface area contributed by atoms with Crippen LogP contribution < -0.4 is 5.32 Å². The first-order valence-corrected chi connectivity index (χ1v) is 8.41. The summed E-state index contributed by atoms with van der Waals surface area (Å²) in [6.45, 7) is 0. The van der Waals surface area contributed by atoms with Gasteiger partial charge in [0.15, 0.2) is 11.3 Å². The highest BCUT2D eigenvalue weighted by Crippen LogP contribution is 2.39. The molecule has 1 atom stereocenters. The lowest BCUT2D eigenvalue weighted by molar-refractivity contribution is 0.0240. The smallest absolute Gasteiger partial charge is 0.272 e. The molecule has 23 heavy (non-hydrogen) atoms. The summed E-state index contributed by atoms with van der Waals surface area (Å²) in [4.78, 5) is 17.9. The molecule has 1 aliphatic rings. The quantitative estimate of drug-likeness (QED) is 0.768. The molecule has 3 aromatic rings. The van der Waals surface area contributed by atoms with Crippen LogP contribution in [0.5, 0.6) is 0 Å². The van der Waals surface area contributed by atoms with Crippen molar-refractivity contribution in [2.45, 2.75) is 25.0 Å². The number of aromatic nitrogens is 3. The third kappa shape index (κ3) is 2.73. The van der Waals surface area contributed by atoms with Crippen molar-refractivity contribution >= 4 is 22.9 Å². The van der Waals surface area contributed by atoms with E-state index >= 15 is 0 Å². The molecule has 3 aromatic heterocycles. The fourth-order valence-electron chi connectivity index (χ4n) is 2.95. The van der Waals surface area contributed by atoms with Crippen LogP contribution in [0.1, 0.15) is 34.2 Å². The fourth-order valence-corrected chi connectivity index (χ4v) is 3.82. The van der Waals surface area contributed by atoms with Gasteiger partial charge in [0.05, 0.1) is 12.1 Å². The maximum absolute atomic E-state index is 12.6. The predicted octanol–water partition coefficient (Wildman–Crippen LogP) is 2.03. The van der Waals surface area contributed by atoms with E-state index in [0.29, 0.717) is 11.3 Å². The van der Waals surface area contributed by atoms with E-state index in [1.54, 1.807) is 40.4 Å². The minimum absolute atomic E-state index is 0.0799. The lowest BCUT2D eigenvalue weighted by Crippen LogP contribution is -2.41. The normalized spacial score (nSPS) is 21.8. The number of nitrogens with one attached hydrogen (secondary N) is 1. The number of aliphatic hydroxyl groups excluding tert-OH is 1. The summed E-state index contributed by atoms with van der Waals surface area (Å²) in [5.41, 5.74) is 0.995. The largest absolute Gasteiger partial charge is 0.393 e. The molecule has 0 unspecified atom stereocenters. The van der Waals surface area contributed by atoms with Crippen molar-refractivity contribution in [1.82, 2.24) is 19.9 Å². The number of amides is 1. The van der Waals surface area contributed by atoms with Gasteiger partial charge in [-0.15, -0.1) is 11.3 Å². The molecule has 0 radical (unpaired) electrons. The highest BCUT2D eigenvalue weighted by Gasteiger charge is 2.36. The summed E-state index contributed by atoms with van der Waals surface area (Å²) in [6, 6.07) is 7.36. The molecule has 0 aliphatic heterocycles. The van der Waals surface area contributed by atoms with Gasteiger partial charge < -0.3 is 10.4 Å². The predicted molar refractivity (Wildman–Crippen MR) is 86.2 cm³/mol.